The summed E-state index contributed by atoms with van der Waals surface area (Å²) in [5.41, 5.74) is 14.6. The molecule has 0 aromatic heterocycles. The van der Waals surface area contributed by atoms with E-state index < -0.39 is 61.3 Å². The van der Waals surface area contributed by atoms with Crippen molar-refractivity contribution in [2.75, 3.05) is 13.2 Å². The van der Waals surface area contributed by atoms with Crippen LogP contribution in [0.4, 0.5) is 0 Å². The molecule has 8 rings (SSSR count). The van der Waals surface area contributed by atoms with Crippen LogP contribution in [0.15, 0.2) is 157 Å². The van der Waals surface area contributed by atoms with E-state index in [-0.39, 0.29) is 33.0 Å². The van der Waals surface area contributed by atoms with Gasteiger partial charge in [-0.05, 0) is 33.3 Å². The van der Waals surface area contributed by atoms with Crippen molar-refractivity contribution in [3.63, 3.8) is 0 Å². The van der Waals surface area contributed by atoms with Crippen molar-refractivity contribution < 1.29 is 42.6 Å². The summed E-state index contributed by atoms with van der Waals surface area (Å²) < 4.78 is 59.9. The fraction of sp³-hybridized carbons (Fsp3) is 0.362. The molecule has 3 heterocycles. The highest BCUT2D eigenvalue weighted by Crippen LogP contribution is 2.38. The zero-order valence-corrected chi connectivity index (χ0v) is 32.7. The molecule has 3 aliphatic heterocycles. The molecule has 0 radical (unpaired) electrons. The predicted octanol–water partition coefficient (Wildman–Crippen LogP) is 8.09. The summed E-state index contributed by atoms with van der Waals surface area (Å²) in [6, 6.07) is 48.8. The molecule has 0 N–H and O–H groups in total. The number of ether oxygens (including phenoxy) is 9. The third-order valence-corrected chi connectivity index (χ3v) is 10.6. The van der Waals surface area contributed by atoms with Crippen molar-refractivity contribution in [1.82, 2.24) is 0 Å². The smallest absolute Gasteiger partial charge is 0.187 e. The van der Waals surface area contributed by atoms with Crippen LogP contribution in [0.25, 0.3) is 10.4 Å². The highest BCUT2D eigenvalue weighted by Gasteiger charge is 2.56. The van der Waals surface area contributed by atoms with Gasteiger partial charge in [-0.15, -0.1) is 0 Å². The van der Waals surface area contributed by atoms with Gasteiger partial charge in [0.05, 0.1) is 46.2 Å². The molecular weight excluding hydrogens is 751 g/mol. The maximum atomic E-state index is 9.69. The van der Waals surface area contributed by atoms with Crippen LogP contribution in [0.5, 0.6) is 0 Å². The third kappa shape index (κ3) is 10.8. The molecule has 0 amide bonds. The van der Waals surface area contributed by atoms with Gasteiger partial charge in [0, 0.05) is 4.91 Å². The van der Waals surface area contributed by atoms with Crippen LogP contribution in [0.1, 0.15) is 27.8 Å². The number of hydrogen-bond acceptors (Lipinski definition) is 10. The average molecular weight is 800 g/mol. The Bertz CT molecular complexity index is 2030. The molecule has 306 valence electrons. The van der Waals surface area contributed by atoms with Crippen LogP contribution in [-0.2, 0) is 75.7 Å². The largest absolute Gasteiger partial charge is 0.374 e. The van der Waals surface area contributed by atoms with Gasteiger partial charge in [-0.2, -0.15) is 0 Å². The van der Waals surface area contributed by atoms with E-state index in [1.807, 2.05) is 152 Å². The predicted molar refractivity (Wildman–Crippen MR) is 217 cm³/mol. The number of nitrogens with zero attached hydrogens (tertiary/aromatic N) is 3. The number of hydrogen-bond donors (Lipinski definition) is 0. The van der Waals surface area contributed by atoms with Gasteiger partial charge in [0.25, 0.3) is 0 Å². The Kier molecular flexibility index (Phi) is 14.4. The van der Waals surface area contributed by atoms with E-state index in [2.05, 4.69) is 10.0 Å². The van der Waals surface area contributed by atoms with Crippen molar-refractivity contribution in [2.24, 2.45) is 5.11 Å². The first-order valence-electron chi connectivity index (χ1n) is 20.1. The molecule has 0 aliphatic carbocycles. The lowest BCUT2D eigenvalue weighted by atomic mass is 9.96. The van der Waals surface area contributed by atoms with Crippen molar-refractivity contribution in [3.8, 4) is 0 Å². The van der Waals surface area contributed by atoms with Gasteiger partial charge in [0.1, 0.15) is 48.8 Å². The van der Waals surface area contributed by atoms with E-state index in [0.717, 1.165) is 27.8 Å². The van der Waals surface area contributed by atoms with Crippen LogP contribution in [-0.4, -0.2) is 74.6 Å². The Hall–Kier alpha value is -4.95. The van der Waals surface area contributed by atoms with Gasteiger partial charge in [0.15, 0.2) is 12.6 Å². The second-order valence-corrected chi connectivity index (χ2v) is 14.8. The molecule has 2 bridgehead atoms. The molecule has 59 heavy (non-hydrogen) atoms. The van der Waals surface area contributed by atoms with E-state index in [1.54, 1.807) is 0 Å². The first-order valence-corrected chi connectivity index (χ1v) is 20.1. The highest BCUT2D eigenvalue weighted by atomic mass is 16.8. The number of azide groups is 1. The lowest BCUT2D eigenvalue weighted by molar-refractivity contribution is -0.352. The van der Waals surface area contributed by atoms with Gasteiger partial charge in [0.2, 0.25) is 0 Å². The van der Waals surface area contributed by atoms with E-state index >= 15 is 0 Å². The molecule has 3 aliphatic rings. The van der Waals surface area contributed by atoms with Gasteiger partial charge < -0.3 is 42.6 Å². The summed E-state index contributed by atoms with van der Waals surface area (Å²) in [4.78, 5) is 3.15. The Labute approximate surface area is 344 Å². The maximum absolute atomic E-state index is 9.69. The minimum absolute atomic E-state index is 0.163. The summed E-state index contributed by atoms with van der Waals surface area (Å²) in [7, 11) is 0. The van der Waals surface area contributed by atoms with Crippen molar-refractivity contribution in [3.05, 3.63) is 190 Å². The van der Waals surface area contributed by atoms with Crippen molar-refractivity contribution in [1.29, 1.82) is 0 Å². The van der Waals surface area contributed by atoms with Crippen LogP contribution < -0.4 is 0 Å². The quantitative estimate of drug-likeness (QED) is 0.0462. The topological polar surface area (TPSA) is 132 Å². The molecule has 12 heteroatoms. The minimum atomic E-state index is -1.04. The van der Waals surface area contributed by atoms with Crippen LogP contribution in [0, 0.1) is 0 Å². The molecule has 0 spiro atoms. The van der Waals surface area contributed by atoms with Crippen LogP contribution >= 0.6 is 0 Å². The lowest BCUT2D eigenvalue weighted by Gasteiger charge is -2.48. The summed E-state index contributed by atoms with van der Waals surface area (Å²) >= 11 is 0. The second-order valence-electron chi connectivity index (χ2n) is 14.8. The van der Waals surface area contributed by atoms with Crippen molar-refractivity contribution in [2.45, 2.75) is 94.4 Å². The van der Waals surface area contributed by atoms with E-state index in [0.29, 0.717) is 13.2 Å². The number of rotatable bonds is 19. The van der Waals surface area contributed by atoms with Crippen LogP contribution in [0.2, 0.25) is 0 Å². The van der Waals surface area contributed by atoms with E-state index in [1.165, 1.54) is 0 Å². The van der Waals surface area contributed by atoms with Gasteiger partial charge in [-0.1, -0.05) is 157 Å². The second kappa shape index (κ2) is 20.8. The molecule has 12 nitrogen and oxygen atoms in total. The maximum Gasteiger partial charge on any atom is 0.187 e. The SMILES string of the molecule is [N-]=[N+]=N[C@H]1[C@@H]2OC[C@@H](O2)[C@@H](O[C@H]2O[C@H](COCc3ccccc3)[C@@H](OCc3ccccc3)[C@H](OCc3ccccc3)[C@@H]2OCc2ccccc2)[C@@H]1OCc1ccccc1. The summed E-state index contributed by atoms with van der Waals surface area (Å²) in [6.07, 6.45) is -6.77. The zero-order chi connectivity index (χ0) is 40.1. The first kappa shape index (κ1) is 40.8. The molecule has 5 aromatic rings. The Morgan fingerprint density at radius 3 is 1.44 bits per heavy atom. The lowest BCUT2D eigenvalue weighted by Crippen LogP contribution is -2.64. The molecule has 5 aromatic carbocycles. The zero-order valence-electron chi connectivity index (χ0n) is 32.7. The van der Waals surface area contributed by atoms with Crippen LogP contribution in [0.3, 0.4) is 0 Å². The third-order valence-electron chi connectivity index (χ3n) is 10.6. The molecule has 3 fully saturated rings. The van der Waals surface area contributed by atoms with Gasteiger partial charge in [-0.25, -0.2) is 0 Å². The Morgan fingerprint density at radius 1 is 0.508 bits per heavy atom. The summed E-state index contributed by atoms with van der Waals surface area (Å²) in [5.74, 6) is 0. The molecule has 0 unspecified atom stereocenters. The first-order chi connectivity index (χ1) is 29.2. The molecule has 10 atom stereocenters. The Morgan fingerprint density at radius 2 is 0.949 bits per heavy atom. The standard InChI is InChI=1S/C47H49N3O9/c48-50-49-40-43(53-28-35-20-10-3-11-21-35)42(39-32-56-46(40)57-39)59-47-45(55-30-37-24-14-5-15-25-37)44(54-29-36-22-12-4-13-23-36)41(52-27-34-18-8-2-9-19-34)38(58-47)31-51-26-33-16-6-1-7-17-33/h1-25,38-47H,26-32H2/t38-,39-,40-,41-,42-,43-,44+,45+,46-,47-/m1/s1. The number of benzene rings is 5. The molecule has 3 saturated heterocycles. The van der Waals surface area contributed by atoms with Crippen molar-refractivity contribution >= 4 is 0 Å². The fourth-order valence-electron chi connectivity index (χ4n) is 7.67. The van der Waals surface area contributed by atoms with Gasteiger partial charge >= 0.3 is 0 Å². The van der Waals surface area contributed by atoms with Gasteiger partial charge in [-0.3, -0.25) is 0 Å². The molecular formula is C47H49N3O9. The fourth-order valence-corrected chi connectivity index (χ4v) is 7.67. The number of fused-ring (bicyclic) bond motifs is 2. The molecule has 0 saturated carbocycles. The highest BCUT2D eigenvalue weighted by molar-refractivity contribution is 5.17. The summed E-state index contributed by atoms with van der Waals surface area (Å²) in [5, 5.41) is 4.11. The van der Waals surface area contributed by atoms with E-state index in [9.17, 15) is 5.53 Å². The monoisotopic (exact) mass is 799 g/mol. The average Bonchev–Trinajstić information content (AvgIpc) is 3.73. The van der Waals surface area contributed by atoms with E-state index in [4.69, 9.17) is 42.6 Å². The normalized spacial score (nSPS) is 27.5. The summed E-state index contributed by atoms with van der Waals surface area (Å²) in [6.45, 7) is 1.80. The minimum Gasteiger partial charge on any atom is -0.374 e. The Balaban J connectivity index is 1.14.